The fourth-order valence-corrected chi connectivity index (χ4v) is 2.88. The minimum absolute atomic E-state index is 0.394. The Morgan fingerprint density at radius 1 is 1.24 bits per heavy atom. The number of piperidine rings is 1. The third-order valence-electron chi connectivity index (χ3n) is 4.19. The molecular formula is C13H27N3O. The van der Waals surface area contributed by atoms with Crippen LogP contribution < -0.4 is 5.73 Å². The van der Waals surface area contributed by atoms with Crippen LogP contribution in [0.5, 0.6) is 0 Å². The molecule has 3 atom stereocenters. The Morgan fingerprint density at radius 2 is 2.06 bits per heavy atom. The molecule has 0 aromatic carbocycles. The minimum atomic E-state index is 0.394. The van der Waals surface area contributed by atoms with Crippen LogP contribution in [0.2, 0.25) is 0 Å². The first-order valence-corrected chi connectivity index (χ1v) is 7.01. The molecule has 2 saturated heterocycles. The molecule has 17 heavy (non-hydrogen) atoms. The van der Waals surface area contributed by atoms with E-state index < -0.39 is 0 Å². The summed E-state index contributed by atoms with van der Waals surface area (Å²) in [5.41, 5.74) is 6.05. The van der Waals surface area contributed by atoms with Crippen LogP contribution in [0.25, 0.3) is 0 Å². The summed E-state index contributed by atoms with van der Waals surface area (Å²) in [6.45, 7) is 12.0. The van der Waals surface area contributed by atoms with Gasteiger partial charge in [0.05, 0.1) is 12.7 Å². The van der Waals surface area contributed by atoms with Gasteiger partial charge in [-0.2, -0.15) is 0 Å². The van der Waals surface area contributed by atoms with Crippen LogP contribution in [0.15, 0.2) is 0 Å². The Morgan fingerprint density at radius 3 is 2.76 bits per heavy atom. The maximum absolute atomic E-state index is 6.05. The Balaban J connectivity index is 1.76. The summed E-state index contributed by atoms with van der Waals surface area (Å²) in [7, 11) is 0. The lowest BCUT2D eigenvalue weighted by Crippen LogP contribution is -2.52. The van der Waals surface area contributed by atoms with Crippen LogP contribution in [0.1, 0.15) is 20.3 Å². The number of nitrogens with zero attached hydrogens (tertiary/aromatic N) is 2. The lowest BCUT2D eigenvalue weighted by molar-refractivity contribution is -0.0466. The average molecular weight is 241 g/mol. The highest BCUT2D eigenvalue weighted by atomic mass is 16.5. The third kappa shape index (κ3) is 3.65. The zero-order chi connectivity index (χ0) is 12.3. The van der Waals surface area contributed by atoms with Crippen molar-refractivity contribution in [1.29, 1.82) is 0 Å². The highest BCUT2D eigenvalue weighted by molar-refractivity contribution is 4.83. The number of likely N-dealkylation sites (tertiary alicyclic amines) is 1. The Kier molecular flexibility index (Phi) is 4.79. The van der Waals surface area contributed by atoms with Crippen molar-refractivity contribution >= 4 is 0 Å². The molecule has 4 heteroatoms. The van der Waals surface area contributed by atoms with Crippen molar-refractivity contribution in [2.45, 2.75) is 32.4 Å². The molecule has 2 rings (SSSR count). The largest absolute Gasteiger partial charge is 0.374 e. The molecule has 0 saturated carbocycles. The lowest BCUT2D eigenvalue weighted by atomic mass is 9.94. The second-order valence-electron chi connectivity index (χ2n) is 5.58. The Bertz CT molecular complexity index is 233. The molecule has 0 spiro atoms. The normalized spacial score (nSPS) is 37.2. The molecule has 0 aromatic heterocycles. The molecule has 0 aliphatic carbocycles. The number of rotatable bonds is 3. The molecule has 0 radical (unpaired) electrons. The first-order chi connectivity index (χ1) is 8.19. The summed E-state index contributed by atoms with van der Waals surface area (Å²) in [4.78, 5) is 5.01. The zero-order valence-corrected chi connectivity index (χ0v) is 11.3. The van der Waals surface area contributed by atoms with Gasteiger partial charge >= 0.3 is 0 Å². The molecule has 2 heterocycles. The molecule has 4 nitrogen and oxygen atoms in total. The monoisotopic (exact) mass is 241 g/mol. The molecular weight excluding hydrogens is 214 g/mol. The minimum Gasteiger partial charge on any atom is -0.374 e. The van der Waals surface area contributed by atoms with Crippen LogP contribution in [0.3, 0.4) is 0 Å². The zero-order valence-electron chi connectivity index (χ0n) is 11.3. The summed E-state index contributed by atoms with van der Waals surface area (Å²) in [6, 6.07) is 0.394. The van der Waals surface area contributed by atoms with E-state index in [-0.39, 0.29) is 0 Å². The van der Waals surface area contributed by atoms with Crippen LogP contribution in [-0.2, 0) is 4.74 Å². The van der Waals surface area contributed by atoms with Gasteiger partial charge in [0.15, 0.2) is 0 Å². The topological polar surface area (TPSA) is 41.7 Å². The van der Waals surface area contributed by atoms with Crippen molar-refractivity contribution in [3.8, 4) is 0 Å². The fraction of sp³-hybridized carbons (Fsp3) is 1.00. The van der Waals surface area contributed by atoms with Gasteiger partial charge in [0.25, 0.3) is 0 Å². The number of nitrogens with two attached hydrogens (primary N) is 1. The first kappa shape index (κ1) is 13.3. The van der Waals surface area contributed by atoms with Crippen LogP contribution in [-0.4, -0.2) is 67.8 Å². The van der Waals surface area contributed by atoms with E-state index in [1.807, 2.05) is 0 Å². The maximum Gasteiger partial charge on any atom is 0.0829 e. The van der Waals surface area contributed by atoms with Gasteiger partial charge in [0.1, 0.15) is 0 Å². The van der Waals surface area contributed by atoms with Gasteiger partial charge < -0.3 is 15.4 Å². The fourth-order valence-electron chi connectivity index (χ4n) is 2.88. The van der Waals surface area contributed by atoms with Crippen LogP contribution >= 0.6 is 0 Å². The number of ether oxygens (including phenoxy) is 1. The third-order valence-corrected chi connectivity index (χ3v) is 4.19. The molecule has 2 aliphatic rings. The summed E-state index contributed by atoms with van der Waals surface area (Å²) < 4.78 is 5.86. The number of likely N-dealkylation sites (N-methyl/N-ethyl adjacent to an activating group) is 1. The highest BCUT2D eigenvalue weighted by Gasteiger charge is 2.27. The van der Waals surface area contributed by atoms with Crippen molar-refractivity contribution in [1.82, 2.24) is 9.80 Å². The quantitative estimate of drug-likeness (QED) is 0.775. The van der Waals surface area contributed by atoms with Gasteiger partial charge in [-0.05, 0) is 25.4 Å². The van der Waals surface area contributed by atoms with E-state index in [0.717, 1.165) is 52.3 Å². The number of hydrogen-bond acceptors (Lipinski definition) is 4. The van der Waals surface area contributed by atoms with Crippen molar-refractivity contribution in [3.63, 3.8) is 0 Å². The van der Waals surface area contributed by atoms with E-state index in [2.05, 4.69) is 23.6 Å². The Hall–Kier alpha value is -0.160. The van der Waals surface area contributed by atoms with Gasteiger partial charge in [-0.15, -0.1) is 0 Å². The average Bonchev–Trinajstić information content (AvgIpc) is 2.34. The van der Waals surface area contributed by atoms with E-state index in [1.54, 1.807) is 0 Å². The van der Waals surface area contributed by atoms with E-state index >= 15 is 0 Å². The molecule has 0 aromatic rings. The summed E-state index contributed by atoms with van der Waals surface area (Å²) in [6.07, 6.45) is 1.52. The van der Waals surface area contributed by atoms with Crippen molar-refractivity contribution in [2.75, 3.05) is 45.9 Å². The molecule has 0 bridgehead atoms. The molecule has 2 fully saturated rings. The number of hydrogen-bond donors (Lipinski definition) is 1. The maximum atomic E-state index is 6.05. The molecule has 3 unspecified atom stereocenters. The van der Waals surface area contributed by atoms with Crippen LogP contribution in [0, 0.1) is 5.92 Å². The molecule has 100 valence electrons. The SMILES string of the molecule is CCN1CCOC(CN2CCC(N)C(C)C2)C1. The second kappa shape index (κ2) is 6.14. The number of morpholine rings is 1. The highest BCUT2D eigenvalue weighted by Crippen LogP contribution is 2.16. The summed E-state index contributed by atoms with van der Waals surface area (Å²) in [5, 5.41) is 0. The molecule has 0 amide bonds. The van der Waals surface area contributed by atoms with E-state index in [9.17, 15) is 0 Å². The molecule has 2 aliphatic heterocycles. The van der Waals surface area contributed by atoms with Crippen molar-refractivity contribution < 1.29 is 4.74 Å². The smallest absolute Gasteiger partial charge is 0.0829 e. The van der Waals surface area contributed by atoms with Gasteiger partial charge in [0.2, 0.25) is 0 Å². The van der Waals surface area contributed by atoms with Gasteiger partial charge in [-0.25, -0.2) is 0 Å². The van der Waals surface area contributed by atoms with E-state index in [1.165, 1.54) is 0 Å². The Labute approximate surface area is 105 Å². The second-order valence-corrected chi connectivity index (χ2v) is 5.58. The predicted molar refractivity (Wildman–Crippen MR) is 70.1 cm³/mol. The van der Waals surface area contributed by atoms with E-state index in [4.69, 9.17) is 10.5 Å². The van der Waals surface area contributed by atoms with Crippen molar-refractivity contribution in [3.05, 3.63) is 0 Å². The van der Waals surface area contributed by atoms with Gasteiger partial charge in [0, 0.05) is 32.2 Å². The first-order valence-electron chi connectivity index (χ1n) is 7.01. The van der Waals surface area contributed by atoms with Crippen LogP contribution in [0.4, 0.5) is 0 Å². The standard InChI is InChI=1S/C13H27N3O/c1-3-15-6-7-17-12(9-15)10-16-5-4-13(14)11(2)8-16/h11-13H,3-10,14H2,1-2H3. The molecule has 2 N–H and O–H groups in total. The van der Waals surface area contributed by atoms with E-state index in [0.29, 0.717) is 18.1 Å². The van der Waals surface area contributed by atoms with Crippen molar-refractivity contribution in [2.24, 2.45) is 11.7 Å². The predicted octanol–water partition coefficient (Wildman–Crippen LogP) is 0.376. The van der Waals surface area contributed by atoms with Gasteiger partial charge in [-0.1, -0.05) is 13.8 Å². The lowest BCUT2D eigenvalue weighted by Gasteiger charge is -2.39. The summed E-state index contributed by atoms with van der Waals surface area (Å²) in [5.74, 6) is 0.620. The van der Waals surface area contributed by atoms with Gasteiger partial charge in [-0.3, -0.25) is 4.90 Å². The summed E-state index contributed by atoms with van der Waals surface area (Å²) >= 11 is 0.